The van der Waals surface area contributed by atoms with E-state index in [9.17, 15) is 9.90 Å². The third-order valence-electron chi connectivity index (χ3n) is 4.39. The Bertz CT molecular complexity index is 767. The molecule has 1 amide bonds. The zero-order chi connectivity index (χ0) is 16.6. The fourth-order valence-electron chi connectivity index (χ4n) is 3.05. The molecule has 0 saturated carbocycles. The molecule has 3 rings (SSSR count). The van der Waals surface area contributed by atoms with Crippen molar-refractivity contribution < 1.29 is 14.6 Å². The Kier molecular flexibility index (Phi) is 3.99. The fourth-order valence-corrected chi connectivity index (χ4v) is 3.05. The van der Waals surface area contributed by atoms with Crippen LogP contribution in [0.25, 0.3) is 0 Å². The molecule has 23 heavy (non-hydrogen) atoms. The molecule has 0 fully saturated rings. The highest BCUT2D eigenvalue weighted by Crippen LogP contribution is 2.40. The highest BCUT2D eigenvalue weighted by molar-refractivity contribution is 5.95. The maximum atomic E-state index is 12.1. The summed E-state index contributed by atoms with van der Waals surface area (Å²) in [6, 6.07) is 9.50. The Morgan fingerprint density at radius 1 is 1.22 bits per heavy atom. The number of amides is 1. The number of fused-ring (bicyclic) bond motifs is 1. The zero-order valence-corrected chi connectivity index (χ0v) is 13.6. The summed E-state index contributed by atoms with van der Waals surface area (Å²) in [5, 5.41) is 12.8. The molecule has 120 valence electrons. The fraction of sp³-hybridized carbons (Fsp3) is 0.316. The number of nitrogens with one attached hydrogen (secondary N) is 1. The van der Waals surface area contributed by atoms with Crippen molar-refractivity contribution in [2.24, 2.45) is 0 Å². The molecule has 0 saturated heterocycles. The van der Waals surface area contributed by atoms with Gasteiger partial charge < -0.3 is 15.2 Å². The lowest BCUT2D eigenvalue weighted by Gasteiger charge is -2.27. The van der Waals surface area contributed by atoms with Gasteiger partial charge in [0.25, 0.3) is 0 Å². The van der Waals surface area contributed by atoms with Gasteiger partial charge in [-0.3, -0.25) is 4.79 Å². The van der Waals surface area contributed by atoms with Crippen LogP contribution in [0.5, 0.6) is 11.5 Å². The van der Waals surface area contributed by atoms with Crippen LogP contribution in [-0.4, -0.2) is 17.6 Å². The Hall–Kier alpha value is -2.49. The summed E-state index contributed by atoms with van der Waals surface area (Å²) in [6.07, 6.45) is 0.395. The van der Waals surface area contributed by atoms with Gasteiger partial charge >= 0.3 is 0 Å². The molecule has 2 N–H and O–H groups in total. The van der Waals surface area contributed by atoms with Crippen molar-refractivity contribution in [2.75, 3.05) is 11.9 Å². The molecule has 1 aliphatic rings. The number of carbonyl (C=O) groups is 1. The summed E-state index contributed by atoms with van der Waals surface area (Å²) >= 11 is 0. The van der Waals surface area contributed by atoms with E-state index in [1.165, 1.54) is 5.56 Å². The number of ether oxygens (including phenoxy) is 1. The monoisotopic (exact) mass is 311 g/mol. The summed E-state index contributed by atoms with van der Waals surface area (Å²) < 4.78 is 5.48. The second-order valence-corrected chi connectivity index (χ2v) is 5.99. The van der Waals surface area contributed by atoms with Crippen molar-refractivity contribution in [3.05, 3.63) is 52.6 Å². The van der Waals surface area contributed by atoms with E-state index in [0.717, 1.165) is 22.4 Å². The van der Waals surface area contributed by atoms with Crippen molar-refractivity contribution in [1.82, 2.24) is 0 Å². The van der Waals surface area contributed by atoms with Gasteiger partial charge in [0.15, 0.2) is 11.5 Å². The minimum atomic E-state index is -0.0298. The number of rotatable bonds is 3. The Morgan fingerprint density at radius 3 is 2.70 bits per heavy atom. The molecule has 0 radical (unpaired) electrons. The van der Waals surface area contributed by atoms with Crippen molar-refractivity contribution in [3.63, 3.8) is 0 Å². The zero-order valence-electron chi connectivity index (χ0n) is 13.6. The van der Waals surface area contributed by atoms with Crippen LogP contribution in [0.3, 0.4) is 0 Å². The highest BCUT2D eigenvalue weighted by Gasteiger charge is 2.27. The molecule has 4 nitrogen and oxygen atoms in total. The first-order valence-corrected chi connectivity index (χ1v) is 7.86. The lowest BCUT2D eigenvalue weighted by molar-refractivity contribution is -0.116. The molecule has 0 unspecified atom stereocenters. The number of anilines is 1. The summed E-state index contributed by atoms with van der Waals surface area (Å²) in [7, 11) is 0. The van der Waals surface area contributed by atoms with Crippen LogP contribution < -0.4 is 10.1 Å². The minimum absolute atomic E-state index is 0.0109. The average molecular weight is 311 g/mol. The van der Waals surface area contributed by atoms with Gasteiger partial charge in [-0.05, 0) is 61.2 Å². The number of benzene rings is 2. The van der Waals surface area contributed by atoms with Crippen LogP contribution in [-0.2, 0) is 4.79 Å². The third-order valence-corrected chi connectivity index (χ3v) is 4.39. The van der Waals surface area contributed by atoms with Crippen LogP contribution in [0.2, 0.25) is 0 Å². The Labute approximate surface area is 136 Å². The van der Waals surface area contributed by atoms with E-state index < -0.39 is 0 Å². The van der Waals surface area contributed by atoms with Crippen LogP contribution in [0.1, 0.15) is 41.5 Å². The first-order valence-electron chi connectivity index (χ1n) is 7.86. The molecule has 0 aliphatic carbocycles. The quantitative estimate of drug-likeness (QED) is 0.904. The van der Waals surface area contributed by atoms with Gasteiger partial charge in [0, 0.05) is 18.0 Å². The smallest absolute Gasteiger partial charge is 0.225 e. The number of phenols is 1. The van der Waals surface area contributed by atoms with Gasteiger partial charge in [0.2, 0.25) is 5.91 Å². The lowest BCUT2D eigenvalue weighted by Crippen LogP contribution is -2.23. The maximum absolute atomic E-state index is 12.1. The molecule has 0 spiro atoms. The Morgan fingerprint density at radius 2 is 1.96 bits per heavy atom. The van der Waals surface area contributed by atoms with Crippen LogP contribution in [0.15, 0.2) is 30.3 Å². The summed E-state index contributed by atoms with van der Waals surface area (Å²) in [5.41, 5.74) is 5.32. The Balaban J connectivity index is 2.09. The summed E-state index contributed by atoms with van der Waals surface area (Å²) in [4.78, 5) is 12.1. The molecular weight excluding hydrogens is 290 g/mol. The van der Waals surface area contributed by atoms with E-state index in [0.29, 0.717) is 18.8 Å². The predicted molar refractivity (Wildman–Crippen MR) is 90.3 cm³/mol. The predicted octanol–water partition coefficient (Wildman–Crippen LogP) is 3.88. The molecule has 2 aromatic rings. The molecule has 1 aliphatic heterocycles. The summed E-state index contributed by atoms with van der Waals surface area (Å²) in [6.45, 7) is 6.48. The van der Waals surface area contributed by atoms with Crippen molar-refractivity contribution in [1.29, 1.82) is 0 Å². The van der Waals surface area contributed by atoms with E-state index in [1.54, 1.807) is 6.07 Å². The first kappa shape index (κ1) is 15.4. The van der Waals surface area contributed by atoms with Gasteiger partial charge in [0.1, 0.15) is 0 Å². The van der Waals surface area contributed by atoms with Crippen LogP contribution in [0.4, 0.5) is 5.69 Å². The summed E-state index contributed by atoms with van der Waals surface area (Å²) in [5.74, 6) is 0.562. The van der Waals surface area contributed by atoms with Crippen molar-refractivity contribution in [2.45, 2.75) is 33.1 Å². The van der Waals surface area contributed by atoms with E-state index in [2.05, 4.69) is 18.3 Å². The van der Waals surface area contributed by atoms with E-state index >= 15 is 0 Å². The van der Waals surface area contributed by atoms with Crippen molar-refractivity contribution >= 4 is 11.6 Å². The average Bonchev–Trinajstić information content (AvgIpc) is 2.51. The van der Waals surface area contributed by atoms with E-state index in [-0.39, 0.29) is 17.6 Å². The number of aryl methyl sites for hydroxylation is 2. The van der Waals surface area contributed by atoms with Gasteiger partial charge in [-0.15, -0.1) is 0 Å². The van der Waals surface area contributed by atoms with Gasteiger partial charge in [-0.2, -0.15) is 0 Å². The largest absolute Gasteiger partial charge is 0.504 e. The van der Waals surface area contributed by atoms with E-state index in [1.807, 2.05) is 32.0 Å². The SMILES string of the molecule is CCOc1cc([C@H]2CC(=O)Nc3cc(C)c(C)cc32)ccc1O. The number of hydrogen-bond donors (Lipinski definition) is 2. The van der Waals surface area contributed by atoms with Gasteiger partial charge in [-0.25, -0.2) is 0 Å². The van der Waals surface area contributed by atoms with Gasteiger partial charge in [-0.1, -0.05) is 12.1 Å². The molecule has 1 atom stereocenters. The highest BCUT2D eigenvalue weighted by atomic mass is 16.5. The van der Waals surface area contributed by atoms with E-state index in [4.69, 9.17) is 4.74 Å². The van der Waals surface area contributed by atoms with Crippen LogP contribution >= 0.6 is 0 Å². The minimum Gasteiger partial charge on any atom is -0.504 e. The molecule has 2 aromatic carbocycles. The second kappa shape index (κ2) is 5.95. The first-order chi connectivity index (χ1) is 11.0. The van der Waals surface area contributed by atoms with Crippen molar-refractivity contribution in [3.8, 4) is 11.5 Å². The van der Waals surface area contributed by atoms with Gasteiger partial charge in [0.05, 0.1) is 6.61 Å². The number of hydrogen-bond acceptors (Lipinski definition) is 3. The molecule has 1 heterocycles. The lowest BCUT2D eigenvalue weighted by atomic mass is 9.83. The normalized spacial score (nSPS) is 16.7. The molecule has 4 heteroatoms. The standard InChI is InChI=1S/C19H21NO3/c1-4-23-18-9-13(5-6-17(18)21)14-10-19(22)20-16-8-12(3)11(2)7-15(14)16/h5-9,14,21H,4,10H2,1-3H3,(H,20,22)/t14-/m1/s1. The number of phenolic OH excluding ortho intramolecular Hbond substituents is 1. The van der Waals surface area contributed by atoms with Crippen LogP contribution in [0, 0.1) is 13.8 Å². The topological polar surface area (TPSA) is 58.6 Å². The number of carbonyl (C=O) groups excluding carboxylic acids is 1. The third kappa shape index (κ3) is 2.89. The second-order valence-electron chi connectivity index (χ2n) is 5.99. The molecular formula is C19H21NO3. The molecule has 0 bridgehead atoms. The number of aromatic hydroxyl groups is 1. The molecule has 0 aromatic heterocycles. The maximum Gasteiger partial charge on any atom is 0.225 e.